The van der Waals surface area contributed by atoms with E-state index in [1.165, 1.54) is 94.7 Å². The molecule has 0 saturated heterocycles. The smallest absolute Gasteiger partial charge is 0.00981 e. The third kappa shape index (κ3) is 6.09. The van der Waals surface area contributed by atoms with Gasteiger partial charge in [0.05, 0.1) is 0 Å². The van der Waals surface area contributed by atoms with E-state index in [2.05, 4.69) is 29.2 Å². The zero-order valence-electron chi connectivity index (χ0n) is 16.8. The number of hydrogen-bond donors (Lipinski definition) is 1. The van der Waals surface area contributed by atoms with Crippen molar-refractivity contribution in [3.8, 4) is 0 Å². The van der Waals surface area contributed by atoms with Crippen molar-refractivity contribution in [2.45, 2.75) is 102 Å². The molecule has 2 N–H and O–H groups in total. The second-order valence-corrected chi connectivity index (χ2v) is 8.63. The highest BCUT2D eigenvalue weighted by atomic mass is 15.2. The van der Waals surface area contributed by atoms with E-state index in [1.54, 1.807) is 0 Å². The molecule has 146 valence electrons. The molecule has 1 aromatic carbocycles. The number of nitrogens with zero attached hydrogens (tertiary/aromatic N) is 1. The first-order chi connectivity index (χ1) is 12.9. The molecule has 0 amide bonds. The van der Waals surface area contributed by atoms with E-state index >= 15 is 0 Å². The largest absolute Gasteiger partial charge is 0.330 e. The van der Waals surface area contributed by atoms with Crippen LogP contribution in [0.5, 0.6) is 0 Å². The van der Waals surface area contributed by atoms with Gasteiger partial charge in [0.1, 0.15) is 0 Å². The van der Waals surface area contributed by atoms with Gasteiger partial charge in [-0.05, 0) is 75.6 Å². The summed E-state index contributed by atoms with van der Waals surface area (Å²) in [5, 5.41) is 0. The molecule has 2 fully saturated rings. The fourth-order valence-electron chi connectivity index (χ4n) is 5.13. The van der Waals surface area contributed by atoms with Crippen LogP contribution in [0.25, 0.3) is 0 Å². The molecule has 2 saturated carbocycles. The summed E-state index contributed by atoms with van der Waals surface area (Å²) in [4.78, 5) is 2.95. The molecule has 26 heavy (non-hydrogen) atoms. The SMILES string of the molecule is NCCCc1ccc(CCCN(C2CCCCC2)C2CCCCC2)cc1. The number of hydrogen-bond acceptors (Lipinski definition) is 2. The van der Waals surface area contributed by atoms with Crippen LogP contribution in [0, 0.1) is 0 Å². The minimum Gasteiger partial charge on any atom is -0.330 e. The lowest BCUT2D eigenvalue weighted by Gasteiger charge is -2.41. The van der Waals surface area contributed by atoms with Crippen LogP contribution >= 0.6 is 0 Å². The number of benzene rings is 1. The maximum absolute atomic E-state index is 5.62. The first-order valence-electron chi connectivity index (χ1n) is 11.4. The maximum atomic E-state index is 5.62. The van der Waals surface area contributed by atoms with Crippen molar-refractivity contribution >= 4 is 0 Å². The van der Waals surface area contributed by atoms with Crippen LogP contribution in [0.2, 0.25) is 0 Å². The monoisotopic (exact) mass is 356 g/mol. The second kappa shape index (κ2) is 11.1. The van der Waals surface area contributed by atoms with Gasteiger partial charge < -0.3 is 5.73 Å². The van der Waals surface area contributed by atoms with Gasteiger partial charge in [-0.25, -0.2) is 0 Å². The van der Waals surface area contributed by atoms with Gasteiger partial charge in [-0.3, -0.25) is 4.90 Å². The summed E-state index contributed by atoms with van der Waals surface area (Å²) < 4.78 is 0. The fourth-order valence-corrected chi connectivity index (χ4v) is 5.13. The molecule has 1 aromatic rings. The van der Waals surface area contributed by atoms with Gasteiger partial charge in [-0.1, -0.05) is 62.8 Å². The first kappa shape index (κ1) is 19.9. The summed E-state index contributed by atoms with van der Waals surface area (Å²) in [7, 11) is 0. The van der Waals surface area contributed by atoms with Gasteiger partial charge in [0, 0.05) is 12.1 Å². The predicted molar refractivity (Wildman–Crippen MR) is 113 cm³/mol. The van der Waals surface area contributed by atoms with E-state index in [-0.39, 0.29) is 0 Å². The molecular formula is C24H40N2. The molecule has 0 radical (unpaired) electrons. The number of rotatable bonds is 9. The molecule has 0 bridgehead atoms. The lowest BCUT2D eigenvalue weighted by atomic mass is 9.88. The highest BCUT2D eigenvalue weighted by Crippen LogP contribution is 2.30. The van der Waals surface area contributed by atoms with Crippen LogP contribution < -0.4 is 5.73 Å². The van der Waals surface area contributed by atoms with Crippen LogP contribution in [0.4, 0.5) is 0 Å². The Hall–Kier alpha value is -0.860. The summed E-state index contributed by atoms with van der Waals surface area (Å²) in [5.74, 6) is 0. The average molecular weight is 357 g/mol. The third-order valence-corrected chi connectivity index (χ3v) is 6.66. The van der Waals surface area contributed by atoms with E-state index < -0.39 is 0 Å². The Morgan fingerprint density at radius 3 is 1.62 bits per heavy atom. The Morgan fingerprint density at radius 2 is 1.15 bits per heavy atom. The molecule has 3 rings (SSSR count). The van der Waals surface area contributed by atoms with E-state index in [4.69, 9.17) is 5.73 Å². The Labute approximate surface area is 161 Å². The van der Waals surface area contributed by atoms with E-state index in [1.807, 2.05) is 0 Å². The van der Waals surface area contributed by atoms with Crippen molar-refractivity contribution in [1.29, 1.82) is 0 Å². The first-order valence-corrected chi connectivity index (χ1v) is 11.4. The summed E-state index contributed by atoms with van der Waals surface area (Å²) in [5.41, 5.74) is 8.56. The number of nitrogens with two attached hydrogens (primary N) is 1. The highest BCUT2D eigenvalue weighted by Gasteiger charge is 2.28. The van der Waals surface area contributed by atoms with E-state index in [0.717, 1.165) is 31.5 Å². The van der Waals surface area contributed by atoms with Crippen molar-refractivity contribution in [2.24, 2.45) is 5.73 Å². The summed E-state index contributed by atoms with van der Waals surface area (Å²) in [6, 6.07) is 11.1. The van der Waals surface area contributed by atoms with Gasteiger partial charge in [0.15, 0.2) is 0 Å². The fraction of sp³-hybridized carbons (Fsp3) is 0.750. The molecular weight excluding hydrogens is 316 g/mol. The molecule has 0 unspecified atom stereocenters. The maximum Gasteiger partial charge on any atom is 0.00981 e. The van der Waals surface area contributed by atoms with Crippen molar-refractivity contribution < 1.29 is 0 Å². The molecule has 0 aliphatic heterocycles. The van der Waals surface area contributed by atoms with Crippen molar-refractivity contribution in [3.63, 3.8) is 0 Å². The molecule has 2 heteroatoms. The third-order valence-electron chi connectivity index (χ3n) is 6.66. The van der Waals surface area contributed by atoms with Crippen LogP contribution in [-0.2, 0) is 12.8 Å². The molecule has 2 nitrogen and oxygen atoms in total. The van der Waals surface area contributed by atoms with Gasteiger partial charge in [0.25, 0.3) is 0 Å². The lowest BCUT2D eigenvalue weighted by molar-refractivity contribution is 0.0797. The topological polar surface area (TPSA) is 29.3 Å². The lowest BCUT2D eigenvalue weighted by Crippen LogP contribution is -2.45. The van der Waals surface area contributed by atoms with E-state index in [9.17, 15) is 0 Å². The molecule has 0 heterocycles. The Bertz CT molecular complexity index is 465. The van der Waals surface area contributed by atoms with Crippen molar-refractivity contribution in [3.05, 3.63) is 35.4 Å². The van der Waals surface area contributed by atoms with Gasteiger partial charge in [-0.15, -0.1) is 0 Å². The quantitative estimate of drug-likeness (QED) is 0.635. The van der Waals surface area contributed by atoms with Crippen LogP contribution in [-0.4, -0.2) is 30.1 Å². The average Bonchev–Trinajstić information content (AvgIpc) is 2.72. The Balaban J connectivity index is 1.50. The summed E-state index contributed by atoms with van der Waals surface area (Å²) >= 11 is 0. The minimum atomic E-state index is 0.792. The van der Waals surface area contributed by atoms with Gasteiger partial charge in [-0.2, -0.15) is 0 Å². The zero-order chi connectivity index (χ0) is 18.0. The molecule has 0 spiro atoms. The Morgan fingerprint density at radius 1 is 0.692 bits per heavy atom. The van der Waals surface area contributed by atoms with Crippen LogP contribution in [0.3, 0.4) is 0 Å². The minimum absolute atomic E-state index is 0.792. The molecule has 0 atom stereocenters. The number of aryl methyl sites for hydroxylation is 2. The molecule has 2 aliphatic rings. The predicted octanol–water partition coefficient (Wildman–Crippen LogP) is 5.48. The zero-order valence-corrected chi connectivity index (χ0v) is 16.8. The van der Waals surface area contributed by atoms with Gasteiger partial charge in [0.2, 0.25) is 0 Å². The summed E-state index contributed by atoms with van der Waals surface area (Å²) in [6.07, 6.45) is 19.3. The Kier molecular flexibility index (Phi) is 8.48. The highest BCUT2D eigenvalue weighted by molar-refractivity contribution is 5.22. The van der Waals surface area contributed by atoms with Gasteiger partial charge >= 0.3 is 0 Å². The van der Waals surface area contributed by atoms with E-state index in [0.29, 0.717) is 0 Å². The van der Waals surface area contributed by atoms with Crippen molar-refractivity contribution in [1.82, 2.24) is 4.90 Å². The second-order valence-electron chi connectivity index (χ2n) is 8.63. The van der Waals surface area contributed by atoms with Crippen molar-refractivity contribution in [2.75, 3.05) is 13.1 Å². The van der Waals surface area contributed by atoms with Crippen LogP contribution in [0.1, 0.15) is 88.2 Å². The molecule has 2 aliphatic carbocycles. The van der Waals surface area contributed by atoms with Crippen LogP contribution in [0.15, 0.2) is 24.3 Å². The molecule has 0 aromatic heterocycles. The normalized spacial score (nSPS) is 19.9. The summed E-state index contributed by atoms with van der Waals surface area (Å²) in [6.45, 7) is 2.10. The standard InChI is InChI=1S/C24H40N2/c25-19-7-9-21-15-17-22(18-16-21)10-8-20-26(23-11-3-1-4-12-23)24-13-5-2-6-14-24/h15-18,23-24H,1-14,19-20,25H2.